The highest BCUT2D eigenvalue weighted by Crippen LogP contribution is 2.37. The van der Waals surface area contributed by atoms with Crippen molar-refractivity contribution in [3.05, 3.63) is 75.3 Å². The molecule has 3 aromatic carbocycles. The first-order chi connectivity index (χ1) is 15.0. The van der Waals surface area contributed by atoms with Crippen LogP contribution in [-0.4, -0.2) is 22.9 Å². The summed E-state index contributed by atoms with van der Waals surface area (Å²) in [6, 6.07) is 14.3. The van der Waals surface area contributed by atoms with E-state index in [1.165, 1.54) is 12.3 Å². The topological polar surface area (TPSA) is 100.0 Å². The first kappa shape index (κ1) is 18.8. The fourth-order valence-corrected chi connectivity index (χ4v) is 3.57. The molecule has 1 aromatic heterocycles. The third-order valence-corrected chi connectivity index (χ3v) is 4.98. The quantitative estimate of drug-likeness (QED) is 0.248. The molecule has 1 aliphatic heterocycles. The number of nitro benzene ring substituents is 1. The molecule has 2 heterocycles. The van der Waals surface area contributed by atoms with E-state index in [-0.39, 0.29) is 12.5 Å². The molecular formula is C23H17N3O5. The van der Waals surface area contributed by atoms with Crippen LogP contribution >= 0.6 is 0 Å². The minimum absolute atomic E-state index is 0.0403. The summed E-state index contributed by atoms with van der Waals surface area (Å²) in [5.74, 6) is 1.31. The lowest BCUT2D eigenvalue weighted by Gasteiger charge is -2.01. The SMILES string of the molecule is Cc1cc(C)c2oc(-c3cccc(N=Cc4cc5c(cc4[N+](=O)[O-])OCO5)c3)nc2c1. The van der Waals surface area contributed by atoms with Crippen molar-refractivity contribution >= 4 is 28.7 Å². The number of fused-ring (bicyclic) bond motifs is 2. The summed E-state index contributed by atoms with van der Waals surface area (Å²) in [4.78, 5) is 20.0. The maximum absolute atomic E-state index is 11.4. The lowest BCUT2D eigenvalue weighted by molar-refractivity contribution is -0.385. The number of hydrogen-bond donors (Lipinski definition) is 0. The summed E-state index contributed by atoms with van der Waals surface area (Å²) in [6.07, 6.45) is 1.44. The van der Waals surface area contributed by atoms with Crippen LogP contribution in [0.25, 0.3) is 22.6 Å². The number of rotatable bonds is 4. The van der Waals surface area contributed by atoms with Crippen LogP contribution in [0.2, 0.25) is 0 Å². The molecule has 4 aromatic rings. The Labute approximate surface area is 176 Å². The van der Waals surface area contributed by atoms with Gasteiger partial charge in [-0.3, -0.25) is 15.1 Å². The van der Waals surface area contributed by atoms with E-state index in [9.17, 15) is 10.1 Å². The molecular weight excluding hydrogens is 398 g/mol. The van der Waals surface area contributed by atoms with Crippen LogP contribution in [-0.2, 0) is 0 Å². The fraction of sp³-hybridized carbons (Fsp3) is 0.130. The van der Waals surface area contributed by atoms with Gasteiger partial charge >= 0.3 is 0 Å². The Morgan fingerprint density at radius 2 is 1.90 bits per heavy atom. The average Bonchev–Trinajstić information content (AvgIpc) is 3.38. The minimum Gasteiger partial charge on any atom is -0.454 e. The normalized spacial score (nSPS) is 12.7. The van der Waals surface area contributed by atoms with Crippen LogP contribution in [0.3, 0.4) is 0 Å². The molecule has 0 saturated heterocycles. The molecule has 154 valence electrons. The van der Waals surface area contributed by atoms with Crippen molar-refractivity contribution < 1.29 is 18.8 Å². The molecule has 0 fully saturated rings. The Balaban J connectivity index is 1.50. The average molecular weight is 415 g/mol. The summed E-state index contributed by atoms with van der Waals surface area (Å²) >= 11 is 0. The summed E-state index contributed by atoms with van der Waals surface area (Å²) in [7, 11) is 0. The molecule has 0 radical (unpaired) electrons. The number of aryl methyl sites for hydroxylation is 2. The first-order valence-corrected chi connectivity index (χ1v) is 9.58. The van der Waals surface area contributed by atoms with E-state index in [2.05, 4.69) is 16.0 Å². The van der Waals surface area contributed by atoms with Gasteiger partial charge in [-0.2, -0.15) is 0 Å². The molecule has 0 aliphatic carbocycles. The van der Waals surface area contributed by atoms with E-state index in [1.807, 2.05) is 38.1 Å². The van der Waals surface area contributed by atoms with Crippen molar-refractivity contribution in [1.82, 2.24) is 4.98 Å². The van der Waals surface area contributed by atoms with Crippen molar-refractivity contribution in [1.29, 1.82) is 0 Å². The van der Waals surface area contributed by atoms with Gasteiger partial charge in [-0.15, -0.1) is 0 Å². The Bertz CT molecular complexity index is 1370. The van der Waals surface area contributed by atoms with Gasteiger partial charge in [-0.1, -0.05) is 12.1 Å². The number of nitrogens with zero attached hydrogens (tertiary/aromatic N) is 3. The molecule has 0 saturated carbocycles. The van der Waals surface area contributed by atoms with E-state index in [1.54, 1.807) is 12.1 Å². The molecule has 0 bridgehead atoms. The van der Waals surface area contributed by atoms with Crippen LogP contribution in [0.15, 0.2) is 57.9 Å². The van der Waals surface area contributed by atoms with E-state index >= 15 is 0 Å². The van der Waals surface area contributed by atoms with Gasteiger partial charge in [-0.05, 0) is 55.3 Å². The Kier molecular flexibility index (Phi) is 4.39. The Morgan fingerprint density at radius 1 is 1.10 bits per heavy atom. The highest BCUT2D eigenvalue weighted by molar-refractivity contribution is 5.89. The second kappa shape index (κ2) is 7.24. The number of aromatic nitrogens is 1. The monoisotopic (exact) mass is 415 g/mol. The van der Waals surface area contributed by atoms with Crippen molar-refractivity contribution in [2.24, 2.45) is 4.99 Å². The van der Waals surface area contributed by atoms with E-state index in [4.69, 9.17) is 13.9 Å². The van der Waals surface area contributed by atoms with Gasteiger partial charge in [0, 0.05) is 11.8 Å². The molecule has 0 atom stereocenters. The third kappa shape index (κ3) is 3.48. The molecule has 0 amide bonds. The van der Waals surface area contributed by atoms with Gasteiger partial charge in [0.25, 0.3) is 5.69 Å². The van der Waals surface area contributed by atoms with Gasteiger partial charge in [-0.25, -0.2) is 4.98 Å². The summed E-state index contributed by atoms with van der Waals surface area (Å²) < 4.78 is 16.5. The molecule has 0 N–H and O–H groups in total. The molecule has 0 spiro atoms. The van der Waals surface area contributed by atoms with Gasteiger partial charge in [0.1, 0.15) is 5.52 Å². The standard InChI is InChI=1S/C23H17N3O5/c1-13-6-14(2)22-18(7-13)25-23(31-22)15-4-3-5-17(8-15)24-11-16-9-20-21(30-12-29-20)10-19(16)26(27)28/h3-11H,12H2,1-2H3. The van der Waals surface area contributed by atoms with Crippen molar-refractivity contribution in [3.8, 4) is 23.0 Å². The number of oxazole rings is 1. The van der Waals surface area contributed by atoms with Gasteiger partial charge < -0.3 is 13.9 Å². The highest BCUT2D eigenvalue weighted by Gasteiger charge is 2.22. The summed E-state index contributed by atoms with van der Waals surface area (Å²) in [5.41, 5.74) is 5.30. The smallest absolute Gasteiger partial charge is 0.282 e. The van der Waals surface area contributed by atoms with Crippen LogP contribution in [0.4, 0.5) is 11.4 Å². The number of nitro groups is 1. The van der Waals surface area contributed by atoms with E-state index in [0.29, 0.717) is 28.6 Å². The van der Waals surface area contributed by atoms with Crippen LogP contribution in [0, 0.1) is 24.0 Å². The summed E-state index contributed by atoms with van der Waals surface area (Å²) in [5, 5.41) is 11.4. The third-order valence-electron chi connectivity index (χ3n) is 4.98. The lowest BCUT2D eigenvalue weighted by atomic mass is 10.1. The number of ether oxygens (including phenoxy) is 2. The van der Waals surface area contributed by atoms with E-state index < -0.39 is 4.92 Å². The van der Waals surface area contributed by atoms with Crippen molar-refractivity contribution in [2.75, 3.05) is 6.79 Å². The number of benzene rings is 3. The Hall–Kier alpha value is -4.20. The molecule has 0 unspecified atom stereocenters. The largest absolute Gasteiger partial charge is 0.454 e. The van der Waals surface area contributed by atoms with Crippen LogP contribution in [0.1, 0.15) is 16.7 Å². The fourth-order valence-electron chi connectivity index (χ4n) is 3.57. The highest BCUT2D eigenvalue weighted by atomic mass is 16.7. The van der Waals surface area contributed by atoms with Crippen LogP contribution < -0.4 is 9.47 Å². The van der Waals surface area contributed by atoms with Gasteiger partial charge in [0.15, 0.2) is 17.1 Å². The van der Waals surface area contributed by atoms with E-state index in [0.717, 1.165) is 27.8 Å². The number of hydrogen-bond acceptors (Lipinski definition) is 7. The second-order valence-electron chi connectivity index (χ2n) is 7.28. The molecule has 5 rings (SSSR count). The molecule has 8 nitrogen and oxygen atoms in total. The minimum atomic E-state index is -0.470. The second-order valence-corrected chi connectivity index (χ2v) is 7.28. The van der Waals surface area contributed by atoms with Crippen LogP contribution in [0.5, 0.6) is 11.5 Å². The number of aliphatic imine (C=N–C) groups is 1. The zero-order valence-corrected chi connectivity index (χ0v) is 16.8. The van der Waals surface area contributed by atoms with Gasteiger partial charge in [0.2, 0.25) is 12.7 Å². The molecule has 31 heavy (non-hydrogen) atoms. The Morgan fingerprint density at radius 3 is 2.71 bits per heavy atom. The zero-order chi connectivity index (χ0) is 21.5. The maximum Gasteiger partial charge on any atom is 0.282 e. The molecule has 8 heteroatoms. The van der Waals surface area contributed by atoms with Gasteiger partial charge in [0.05, 0.1) is 22.2 Å². The molecule has 1 aliphatic rings. The predicted octanol–water partition coefficient (Wildman–Crippen LogP) is 5.50. The first-order valence-electron chi connectivity index (χ1n) is 9.58. The lowest BCUT2D eigenvalue weighted by Crippen LogP contribution is -1.94. The predicted molar refractivity (Wildman–Crippen MR) is 115 cm³/mol. The van der Waals surface area contributed by atoms with Crippen molar-refractivity contribution in [2.45, 2.75) is 13.8 Å². The maximum atomic E-state index is 11.4. The zero-order valence-electron chi connectivity index (χ0n) is 16.8. The summed E-state index contributed by atoms with van der Waals surface area (Å²) in [6.45, 7) is 4.05. The van der Waals surface area contributed by atoms with Crippen molar-refractivity contribution in [3.63, 3.8) is 0 Å².